The molecule has 0 saturated carbocycles. The van der Waals surface area contributed by atoms with Crippen LogP contribution in [0.5, 0.6) is 0 Å². The van der Waals surface area contributed by atoms with E-state index in [9.17, 15) is 4.39 Å². The van der Waals surface area contributed by atoms with Gasteiger partial charge in [0.1, 0.15) is 5.82 Å². The summed E-state index contributed by atoms with van der Waals surface area (Å²) >= 11 is 0. The van der Waals surface area contributed by atoms with Crippen molar-refractivity contribution in [2.24, 2.45) is 0 Å². The van der Waals surface area contributed by atoms with Crippen LogP contribution in [0.2, 0.25) is 0 Å². The molecule has 142 valence electrons. The highest BCUT2D eigenvalue weighted by Gasteiger charge is 2.09. The van der Waals surface area contributed by atoms with Crippen LogP contribution >= 0.6 is 0 Å². The highest BCUT2D eigenvalue weighted by molar-refractivity contribution is 5.63. The van der Waals surface area contributed by atoms with Crippen molar-refractivity contribution in [2.45, 2.75) is 12.3 Å². The minimum absolute atomic E-state index is 0.207. The number of rotatable bonds is 6. The molecule has 29 heavy (non-hydrogen) atoms. The third-order valence-corrected chi connectivity index (χ3v) is 5.14. The van der Waals surface area contributed by atoms with E-state index in [1.54, 1.807) is 0 Å². The lowest BCUT2D eigenvalue weighted by Crippen LogP contribution is -2.00. The number of allylic oxidation sites excluding steroid dienone is 1. The summed E-state index contributed by atoms with van der Waals surface area (Å²) in [5.41, 5.74) is 5.93. The van der Waals surface area contributed by atoms with Gasteiger partial charge in [0, 0.05) is 5.92 Å². The molecule has 0 aromatic heterocycles. The Kier molecular flexibility index (Phi) is 5.97. The second kappa shape index (κ2) is 9.16. The summed E-state index contributed by atoms with van der Waals surface area (Å²) in [5, 5.41) is 0. The third kappa shape index (κ3) is 5.08. The van der Waals surface area contributed by atoms with Gasteiger partial charge in [-0.3, -0.25) is 0 Å². The standard InChI is InChI=1S/C28H23F/c29-28-19-17-26(18-20-28)25-14-12-23(13-15-25)21-27(24-9-5-2-6-10-24)16-11-22-7-3-1-4-8-22/h1-20,27H,21H2/b16-11+/t27-/m1/s1. The predicted molar refractivity (Wildman–Crippen MR) is 120 cm³/mol. The van der Waals surface area contributed by atoms with Crippen molar-refractivity contribution in [3.05, 3.63) is 138 Å². The first-order valence-corrected chi connectivity index (χ1v) is 9.91. The maximum Gasteiger partial charge on any atom is 0.123 e. The molecule has 0 spiro atoms. The second-order valence-corrected chi connectivity index (χ2v) is 7.19. The second-order valence-electron chi connectivity index (χ2n) is 7.19. The van der Waals surface area contributed by atoms with Crippen LogP contribution in [0.4, 0.5) is 4.39 Å². The van der Waals surface area contributed by atoms with Crippen LogP contribution < -0.4 is 0 Å². The zero-order chi connectivity index (χ0) is 19.9. The number of hydrogen-bond donors (Lipinski definition) is 0. The Balaban J connectivity index is 1.55. The molecule has 4 aromatic rings. The Hall–Kier alpha value is -3.45. The molecule has 0 aliphatic heterocycles. The van der Waals surface area contributed by atoms with Crippen molar-refractivity contribution in [1.82, 2.24) is 0 Å². The molecule has 1 heteroatoms. The van der Waals surface area contributed by atoms with Gasteiger partial charge in [-0.1, -0.05) is 109 Å². The van der Waals surface area contributed by atoms with Crippen molar-refractivity contribution >= 4 is 6.08 Å². The van der Waals surface area contributed by atoms with Gasteiger partial charge in [-0.25, -0.2) is 4.39 Å². The van der Waals surface area contributed by atoms with E-state index in [2.05, 4.69) is 91.0 Å². The van der Waals surface area contributed by atoms with Gasteiger partial charge >= 0.3 is 0 Å². The zero-order valence-electron chi connectivity index (χ0n) is 16.2. The minimum Gasteiger partial charge on any atom is -0.207 e. The molecule has 0 aliphatic rings. The fraction of sp³-hybridized carbons (Fsp3) is 0.0714. The zero-order valence-corrected chi connectivity index (χ0v) is 16.2. The number of benzene rings is 4. The first-order chi connectivity index (χ1) is 14.3. The Morgan fingerprint density at radius 2 is 1.17 bits per heavy atom. The van der Waals surface area contributed by atoms with E-state index in [-0.39, 0.29) is 5.82 Å². The summed E-state index contributed by atoms with van der Waals surface area (Å²) in [6.07, 6.45) is 5.42. The average molecular weight is 378 g/mol. The molecule has 4 rings (SSSR count). The van der Waals surface area contributed by atoms with E-state index in [4.69, 9.17) is 0 Å². The highest BCUT2D eigenvalue weighted by atomic mass is 19.1. The van der Waals surface area contributed by atoms with Gasteiger partial charge in [0.2, 0.25) is 0 Å². The summed E-state index contributed by atoms with van der Waals surface area (Å²) in [7, 11) is 0. The van der Waals surface area contributed by atoms with Crippen LogP contribution in [0.1, 0.15) is 22.6 Å². The lowest BCUT2D eigenvalue weighted by Gasteiger charge is -2.14. The van der Waals surface area contributed by atoms with Crippen LogP contribution in [-0.2, 0) is 6.42 Å². The molecular weight excluding hydrogens is 355 g/mol. The Morgan fingerprint density at radius 3 is 1.79 bits per heavy atom. The van der Waals surface area contributed by atoms with E-state index < -0.39 is 0 Å². The summed E-state index contributed by atoms with van der Waals surface area (Å²) in [5.74, 6) is 0.0920. The molecule has 4 aromatic carbocycles. The first kappa shape index (κ1) is 18.9. The molecular formula is C28H23F. The maximum absolute atomic E-state index is 13.2. The smallest absolute Gasteiger partial charge is 0.123 e. The summed E-state index contributed by atoms with van der Waals surface area (Å²) < 4.78 is 13.2. The third-order valence-electron chi connectivity index (χ3n) is 5.14. The van der Waals surface area contributed by atoms with Gasteiger partial charge in [0.25, 0.3) is 0 Å². The van der Waals surface area contributed by atoms with E-state index >= 15 is 0 Å². The van der Waals surface area contributed by atoms with Gasteiger partial charge in [0.15, 0.2) is 0 Å². The molecule has 0 radical (unpaired) electrons. The van der Waals surface area contributed by atoms with Crippen molar-refractivity contribution in [3.63, 3.8) is 0 Å². The van der Waals surface area contributed by atoms with Crippen LogP contribution in [-0.4, -0.2) is 0 Å². The van der Waals surface area contributed by atoms with Gasteiger partial charge in [-0.2, -0.15) is 0 Å². The predicted octanol–water partition coefficient (Wildman–Crippen LogP) is 7.53. The fourth-order valence-corrected chi connectivity index (χ4v) is 3.52. The van der Waals surface area contributed by atoms with Crippen molar-refractivity contribution in [1.29, 1.82) is 0 Å². The quantitative estimate of drug-likeness (QED) is 0.325. The van der Waals surface area contributed by atoms with Crippen LogP contribution in [0.3, 0.4) is 0 Å². The molecule has 0 fully saturated rings. The molecule has 1 atom stereocenters. The van der Waals surface area contributed by atoms with Crippen LogP contribution in [0, 0.1) is 5.82 Å². The molecule has 0 unspecified atom stereocenters. The molecule has 0 N–H and O–H groups in total. The van der Waals surface area contributed by atoms with E-state index in [0.717, 1.165) is 17.5 Å². The Bertz CT molecular complexity index is 1050. The summed E-state index contributed by atoms with van der Waals surface area (Å²) in [6, 6.07) is 36.2. The number of hydrogen-bond acceptors (Lipinski definition) is 0. The Labute approximate surface area is 172 Å². The average Bonchev–Trinajstić information content (AvgIpc) is 2.79. The monoisotopic (exact) mass is 378 g/mol. The molecule has 0 amide bonds. The highest BCUT2D eigenvalue weighted by Crippen LogP contribution is 2.26. The maximum atomic E-state index is 13.2. The SMILES string of the molecule is Fc1ccc(-c2ccc(C[C@@H](/C=C/c3ccccc3)c3ccccc3)cc2)cc1. The lowest BCUT2D eigenvalue weighted by molar-refractivity contribution is 0.628. The lowest BCUT2D eigenvalue weighted by atomic mass is 9.90. The van der Waals surface area contributed by atoms with Crippen molar-refractivity contribution in [2.75, 3.05) is 0 Å². The molecule has 0 nitrogen and oxygen atoms in total. The van der Waals surface area contributed by atoms with Crippen molar-refractivity contribution in [3.8, 4) is 11.1 Å². The molecule has 0 saturated heterocycles. The molecule has 0 heterocycles. The Morgan fingerprint density at radius 1 is 0.621 bits per heavy atom. The topological polar surface area (TPSA) is 0 Å². The summed E-state index contributed by atoms with van der Waals surface area (Å²) in [4.78, 5) is 0. The molecule has 0 aliphatic carbocycles. The van der Waals surface area contributed by atoms with Gasteiger partial charge in [0.05, 0.1) is 0 Å². The van der Waals surface area contributed by atoms with E-state index in [1.807, 2.05) is 18.2 Å². The van der Waals surface area contributed by atoms with Gasteiger partial charge < -0.3 is 0 Å². The minimum atomic E-state index is -0.207. The van der Waals surface area contributed by atoms with Crippen LogP contribution in [0.15, 0.2) is 115 Å². The normalized spacial score (nSPS) is 12.2. The van der Waals surface area contributed by atoms with Gasteiger partial charge in [-0.15, -0.1) is 0 Å². The van der Waals surface area contributed by atoms with Gasteiger partial charge in [-0.05, 0) is 46.4 Å². The largest absolute Gasteiger partial charge is 0.207 e. The summed E-state index contributed by atoms with van der Waals surface area (Å²) in [6.45, 7) is 0. The number of halogens is 1. The van der Waals surface area contributed by atoms with E-state index in [1.165, 1.54) is 28.8 Å². The van der Waals surface area contributed by atoms with Crippen LogP contribution in [0.25, 0.3) is 17.2 Å². The molecule has 0 bridgehead atoms. The fourth-order valence-electron chi connectivity index (χ4n) is 3.52. The van der Waals surface area contributed by atoms with E-state index in [0.29, 0.717) is 5.92 Å². The first-order valence-electron chi connectivity index (χ1n) is 9.91. The van der Waals surface area contributed by atoms with Crippen molar-refractivity contribution < 1.29 is 4.39 Å².